The Morgan fingerprint density at radius 2 is 1.92 bits per heavy atom. The summed E-state index contributed by atoms with van der Waals surface area (Å²) in [6.07, 6.45) is 4.63. The average molecular weight is 173 g/mol. The van der Waals surface area contributed by atoms with Gasteiger partial charge in [0, 0.05) is 20.6 Å². The van der Waals surface area contributed by atoms with Crippen LogP contribution in [0.3, 0.4) is 0 Å². The van der Waals surface area contributed by atoms with E-state index in [0.717, 1.165) is 13.0 Å². The van der Waals surface area contributed by atoms with Gasteiger partial charge in [0.15, 0.2) is 6.29 Å². The molecule has 0 aromatic carbocycles. The molecule has 12 heavy (non-hydrogen) atoms. The van der Waals surface area contributed by atoms with Crippen molar-refractivity contribution < 1.29 is 9.47 Å². The monoisotopic (exact) mass is 173 g/mol. The molecule has 72 valence electrons. The van der Waals surface area contributed by atoms with E-state index in [1.165, 1.54) is 19.3 Å². The molecule has 3 heteroatoms. The van der Waals surface area contributed by atoms with Gasteiger partial charge in [0.1, 0.15) is 0 Å². The van der Waals surface area contributed by atoms with E-state index in [4.69, 9.17) is 15.2 Å². The van der Waals surface area contributed by atoms with Crippen molar-refractivity contribution in [3.8, 4) is 0 Å². The molecule has 0 heterocycles. The van der Waals surface area contributed by atoms with E-state index in [1.54, 1.807) is 14.2 Å². The van der Waals surface area contributed by atoms with Crippen LogP contribution in [0.2, 0.25) is 0 Å². The Morgan fingerprint density at radius 1 is 1.33 bits per heavy atom. The number of hydrogen-bond donors (Lipinski definition) is 1. The van der Waals surface area contributed by atoms with E-state index in [2.05, 4.69) is 0 Å². The molecule has 0 spiro atoms. The predicted molar refractivity (Wildman–Crippen MR) is 47.8 cm³/mol. The summed E-state index contributed by atoms with van der Waals surface area (Å²) in [4.78, 5) is 0. The second-order valence-electron chi connectivity index (χ2n) is 3.66. The Morgan fingerprint density at radius 3 is 2.17 bits per heavy atom. The minimum absolute atomic E-state index is 0.0751. The van der Waals surface area contributed by atoms with E-state index in [9.17, 15) is 0 Å². The van der Waals surface area contributed by atoms with Gasteiger partial charge in [-0.05, 0) is 24.8 Å². The SMILES string of the molecule is COC(CC1(CN)CCC1)OC. The molecule has 1 aliphatic carbocycles. The largest absolute Gasteiger partial charge is 0.356 e. The topological polar surface area (TPSA) is 44.5 Å². The van der Waals surface area contributed by atoms with Crippen LogP contribution in [0.1, 0.15) is 25.7 Å². The lowest BCUT2D eigenvalue weighted by molar-refractivity contribution is -0.134. The fraction of sp³-hybridized carbons (Fsp3) is 1.00. The van der Waals surface area contributed by atoms with Crippen LogP contribution in [0, 0.1) is 5.41 Å². The van der Waals surface area contributed by atoms with E-state index in [1.807, 2.05) is 0 Å². The van der Waals surface area contributed by atoms with Gasteiger partial charge in [0.25, 0.3) is 0 Å². The highest BCUT2D eigenvalue weighted by Crippen LogP contribution is 2.44. The van der Waals surface area contributed by atoms with Crippen LogP contribution in [-0.2, 0) is 9.47 Å². The lowest BCUT2D eigenvalue weighted by atomic mass is 9.66. The number of rotatable bonds is 5. The zero-order chi connectivity index (χ0) is 9.03. The third-order valence-electron chi connectivity index (χ3n) is 2.97. The molecule has 1 rings (SSSR count). The summed E-state index contributed by atoms with van der Waals surface area (Å²) in [5.74, 6) is 0. The summed E-state index contributed by atoms with van der Waals surface area (Å²) >= 11 is 0. The van der Waals surface area contributed by atoms with Crippen molar-refractivity contribution >= 4 is 0 Å². The van der Waals surface area contributed by atoms with Crippen molar-refractivity contribution in [2.24, 2.45) is 11.1 Å². The summed E-state index contributed by atoms with van der Waals surface area (Å²) in [5.41, 5.74) is 6.03. The Balaban J connectivity index is 2.35. The van der Waals surface area contributed by atoms with Gasteiger partial charge in [0.2, 0.25) is 0 Å². The Labute approximate surface area is 74.2 Å². The van der Waals surface area contributed by atoms with Crippen LogP contribution in [0.25, 0.3) is 0 Å². The van der Waals surface area contributed by atoms with Crippen molar-refractivity contribution in [3.63, 3.8) is 0 Å². The number of hydrogen-bond acceptors (Lipinski definition) is 3. The molecule has 1 saturated carbocycles. The molecule has 0 atom stereocenters. The van der Waals surface area contributed by atoms with Gasteiger partial charge in [-0.1, -0.05) is 6.42 Å². The lowest BCUT2D eigenvalue weighted by Gasteiger charge is -2.42. The zero-order valence-electron chi connectivity index (χ0n) is 8.01. The van der Waals surface area contributed by atoms with Gasteiger partial charge in [-0.15, -0.1) is 0 Å². The van der Waals surface area contributed by atoms with E-state index >= 15 is 0 Å². The van der Waals surface area contributed by atoms with Crippen molar-refractivity contribution in [1.29, 1.82) is 0 Å². The predicted octanol–water partition coefficient (Wildman–Crippen LogP) is 1.12. The summed E-state index contributed by atoms with van der Waals surface area (Å²) in [5, 5.41) is 0. The molecule has 2 N–H and O–H groups in total. The third-order valence-corrected chi connectivity index (χ3v) is 2.97. The molecule has 0 radical (unpaired) electrons. The van der Waals surface area contributed by atoms with E-state index < -0.39 is 0 Å². The minimum atomic E-state index is -0.0751. The van der Waals surface area contributed by atoms with Gasteiger partial charge in [-0.25, -0.2) is 0 Å². The van der Waals surface area contributed by atoms with Crippen molar-refractivity contribution in [3.05, 3.63) is 0 Å². The maximum Gasteiger partial charge on any atom is 0.157 e. The molecular weight excluding hydrogens is 154 g/mol. The van der Waals surface area contributed by atoms with Gasteiger partial charge in [0.05, 0.1) is 0 Å². The van der Waals surface area contributed by atoms with Crippen molar-refractivity contribution in [1.82, 2.24) is 0 Å². The van der Waals surface area contributed by atoms with Gasteiger partial charge in [-0.2, -0.15) is 0 Å². The summed E-state index contributed by atoms with van der Waals surface area (Å²) in [6, 6.07) is 0. The van der Waals surface area contributed by atoms with Crippen LogP contribution in [0.15, 0.2) is 0 Å². The quantitative estimate of drug-likeness (QED) is 0.634. The molecule has 0 saturated heterocycles. The van der Waals surface area contributed by atoms with Crippen LogP contribution < -0.4 is 5.73 Å². The zero-order valence-corrected chi connectivity index (χ0v) is 8.01. The highest BCUT2D eigenvalue weighted by molar-refractivity contribution is 4.89. The molecule has 0 aromatic heterocycles. The molecule has 1 aliphatic rings. The first-order valence-corrected chi connectivity index (χ1v) is 4.52. The number of nitrogens with two attached hydrogens (primary N) is 1. The summed E-state index contributed by atoms with van der Waals surface area (Å²) < 4.78 is 10.3. The molecule has 0 bridgehead atoms. The third kappa shape index (κ3) is 1.97. The first-order chi connectivity index (χ1) is 5.76. The maximum absolute atomic E-state index is 5.72. The molecule has 1 fully saturated rings. The highest BCUT2D eigenvalue weighted by atomic mass is 16.7. The smallest absolute Gasteiger partial charge is 0.157 e. The van der Waals surface area contributed by atoms with Crippen molar-refractivity contribution in [2.45, 2.75) is 32.0 Å². The van der Waals surface area contributed by atoms with E-state index in [-0.39, 0.29) is 6.29 Å². The molecule has 0 amide bonds. The normalized spacial score (nSPS) is 21.0. The highest BCUT2D eigenvalue weighted by Gasteiger charge is 2.37. The summed E-state index contributed by atoms with van der Waals surface area (Å²) in [6.45, 7) is 0.760. The lowest BCUT2D eigenvalue weighted by Crippen LogP contribution is -2.40. The fourth-order valence-electron chi connectivity index (χ4n) is 1.78. The summed E-state index contributed by atoms with van der Waals surface area (Å²) in [7, 11) is 3.36. The average Bonchev–Trinajstić information content (AvgIpc) is 2.05. The molecule has 0 aliphatic heterocycles. The van der Waals surface area contributed by atoms with Crippen LogP contribution in [0.4, 0.5) is 0 Å². The van der Waals surface area contributed by atoms with Gasteiger partial charge in [-0.3, -0.25) is 0 Å². The molecular formula is C9H19NO2. The molecule has 3 nitrogen and oxygen atoms in total. The second kappa shape index (κ2) is 4.21. The van der Waals surface area contributed by atoms with Crippen LogP contribution in [-0.4, -0.2) is 27.1 Å². The van der Waals surface area contributed by atoms with Gasteiger partial charge < -0.3 is 15.2 Å². The van der Waals surface area contributed by atoms with E-state index in [0.29, 0.717) is 5.41 Å². The Kier molecular flexibility index (Phi) is 3.50. The standard InChI is InChI=1S/C9H19NO2/c1-11-8(12-2)6-9(7-10)4-3-5-9/h8H,3-7,10H2,1-2H3. The minimum Gasteiger partial charge on any atom is -0.356 e. The second-order valence-corrected chi connectivity index (χ2v) is 3.66. The first kappa shape index (κ1) is 9.96. The molecule has 0 unspecified atom stereocenters. The van der Waals surface area contributed by atoms with Crippen molar-refractivity contribution in [2.75, 3.05) is 20.8 Å². The Hall–Kier alpha value is -0.120. The number of ether oxygens (including phenoxy) is 2. The fourth-order valence-corrected chi connectivity index (χ4v) is 1.78. The maximum atomic E-state index is 5.72. The number of methoxy groups -OCH3 is 2. The molecule has 0 aromatic rings. The van der Waals surface area contributed by atoms with Gasteiger partial charge >= 0.3 is 0 Å². The Bertz CT molecular complexity index is 125. The van der Waals surface area contributed by atoms with Crippen LogP contribution >= 0.6 is 0 Å². The first-order valence-electron chi connectivity index (χ1n) is 4.52. The van der Waals surface area contributed by atoms with Crippen LogP contribution in [0.5, 0.6) is 0 Å².